The van der Waals surface area contributed by atoms with Crippen molar-refractivity contribution < 1.29 is 24.2 Å². The number of hydrogen-bond acceptors (Lipinski definition) is 7. The van der Waals surface area contributed by atoms with Gasteiger partial charge in [0.05, 0.1) is 17.8 Å². The molecule has 9 nitrogen and oxygen atoms in total. The summed E-state index contributed by atoms with van der Waals surface area (Å²) in [4.78, 5) is 31.4. The quantitative estimate of drug-likeness (QED) is 0.491. The van der Waals surface area contributed by atoms with Crippen molar-refractivity contribution in [3.05, 3.63) is 35.7 Å². The Bertz CT molecular complexity index is 1060. The first-order valence-electron chi connectivity index (χ1n) is 11.3. The molecule has 1 N–H and O–H groups in total. The fourth-order valence-corrected chi connectivity index (χ4v) is 4.06. The molecule has 0 saturated carbocycles. The Morgan fingerprint density at radius 2 is 1.97 bits per heavy atom. The SMILES string of the molecule is C=CC1(C)CCN(c2c(C(OC(C)(C)C)C(=O)OCC)c(C)nc3cc(C(=O)O)nn23)CC1. The van der Waals surface area contributed by atoms with Gasteiger partial charge in [0.1, 0.15) is 5.82 Å². The number of fused-ring (bicyclic) bond motifs is 1. The molecule has 0 spiro atoms. The van der Waals surface area contributed by atoms with E-state index in [9.17, 15) is 14.7 Å². The Labute approximate surface area is 194 Å². The van der Waals surface area contributed by atoms with Gasteiger partial charge < -0.3 is 19.5 Å². The summed E-state index contributed by atoms with van der Waals surface area (Å²) in [7, 11) is 0. The molecule has 9 heteroatoms. The number of ether oxygens (including phenoxy) is 2. The minimum atomic E-state index is -1.14. The lowest BCUT2D eigenvalue weighted by Gasteiger charge is -2.40. The fraction of sp³-hybridized carbons (Fsp3) is 0.583. The van der Waals surface area contributed by atoms with E-state index in [1.165, 1.54) is 10.6 Å². The minimum absolute atomic E-state index is 0.0106. The summed E-state index contributed by atoms with van der Waals surface area (Å²) in [6.07, 6.45) is 2.66. The normalized spacial score (nSPS) is 17.1. The van der Waals surface area contributed by atoms with Gasteiger partial charge >= 0.3 is 11.9 Å². The van der Waals surface area contributed by atoms with Gasteiger partial charge in [-0.25, -0.2) is 14.6 Å². The number of piperidine rings is 1. The first-order valence-corrected chi connectivity index (χ1v) is 11.3. The summed E-state index contributed by atoms with van der Waals surface area (Å²) < 4.78 is 13.1. The number of nitrogens with zero attached hydrogens (tertiary/aromatic N) is 4. The van der Waals surface area contributed by atoms with Crippen LogP contribution in [0.4, 0.5) is 5.82 Å². The predicted molar refractivity (Wildman–Crippen MR) is 125 cm³/mol. The van der Waals surface area contributed by atoms with Crippen molar-refractivity contribution >= 4 is 23.4 Å². The molecule has 3 rings (SSSR count). The molecule has 0 aromatic carbocycles. The zero-order chi connectivity index (χ0) is 24.6. The summed E-state index contributed by atoms with van der Waals surface area (Å²) in [6, 6.07) is 1.43. The largest absolute Gasteiger partial charge is 0.476 e. The topological polar surface area (TPSA) is 106 Å². The number of anilines is 1. The molecule has 0 amide bonds. The lowest BCUT2D eigenvalue weighted by molar-refractivity contribution is -0.166. The van der Waals surface area contributed by atoms with Crippen LogP contribution >= 0.6 is 0 Å². The first-order chi connectivity index (χ1) is 15.4. The zero-order valence-electron chi connectivity index (χ0n) is 20.3. The number of carbonyl (C=O) groups excluding carboxylic acids is 1. The molecule has 0 radical (unpaired) electrons. The van der Waals surface area contributed by atoms with Gasteiger partial charge in [0, 0.05) is 24.8 Å². The van der Waals surface area contributed by atoms with Crippen molar-refractivity contribution in [1.29, 1.82) is 0 Å². The molecule has 3 heterocycles. The number of carbonyl (C=O) groups is 2. The van der Waals surface area contributed by atoms with Crippen LogP contribution in [0.25, 0.3) is 5.65 Å². The first kappa shape index (κ1) is 24.7. The van der Waals surface area contributed by atoms with E-state index < -0.39 is 23.6 Å². The number of esters is 1. The molecule has 180 valence electrons. The van der Waals surface area contributed by atoms with Gasteiger partial charge in [0.15, 0.2) is 17.4 Å². The Hall–Kier alpha value is -2.94. The lowest BCUT2D eigenvalue weighted by atomic mass is 9.80. The van der Waals surface area contributed by atoms with Crippen molar-refractivity contribution in [1.82, 2.24) is 14.6 Å². The zero-order valence-corrected chi connectivity index (χ0v) is 20.3. The molecule has 33 heavy (non-hydrogen) atoms. The average Bonchev–Trinajstić information content (AvgIpc) is 3.15. The second-order valence-corrected chi connectivity index (χ2v) is 9.75. The Morgan fingerprint density at radius 3 is 2.48 bits per heavy atom. The number of allylic oxidation sites excluding steroid dienone is 1. The Morgan fingerprint density at radius 1 is 1.33 bits per heavy atom. The Kier molecular flexibility index (Phi) is 6.83. The number of rotatable bonds is 7. The van der Waals surface area contributed by atoms with Crippen LogP contribution in [0.2, 0.25) is 0 Å². The highest BCUT2D eigenvalue weighted by Crippen LogP contribution is 2.39. The molecule has 1 saturated heterocycles. The maximum absolute atomic E-state index is 13.1. The second-order valence-electron chi connectivity index (χ2n) is 9.75. The van der Waals surface area contributed by atoms with Crippen molar-refractivity contribution in [2.24, 2.45) is 5.41 Å². The fourth-order valence-electron chi connectivity index (χ4n) is 4.06. The second kappa shape index (κ2) is 9.13. The molecule has 1 aliphatic rings. The summed E-state index contributed by atoms with van der Waals surface area (Å²) in [5.41, 5.74) is 0.760. The monoisotopic (exact) mass is 458 g/mol. The van der Waals surface area contributed by atoms with E-state index in [-0.39, 0.29) is 17.7 Å². The third-order valence-corrected chi connectivity index (χ3v) is 5.96. The van der Waals surface area contributed by atoms with Crippen LogP contribution in [0, 0.1) is 12.3 Å². The van der Waals surface area contributed by atoms with Crippen LogP contribution in [0.5, 0.6) is 0 Å². The molecule has 0 bridgehead atoms. The van der Waals surface area contributed by atoms with E-state index in [1.54, 1.807) is 13.8 Å². The van der Waals surface area contributed by atoms with Crippen molar-refractivity contribution in [2.75, 3.05) is 24.6 Å². The summed E-state index contributed by atoms with van der Waals surface area (Å²) in [5, 5.41) is 13.8. The lowest BCUT2D eigenvalue weighted by Crippen LogP contribution is -2.40. The summed E-state index contributed by atoms with van der Waals surface area (Å²) in [6.45, 7) is 16.9. The van der Waals surface area contributed by atoms with E-state index in [0.29, 0.717) is 35.8 Å². The van der Waals surface area contributed by atoms with Crippen LogP contribution in [-0.4, -0.2) is 56.9 Å². The number of carboxylic acids is 1. The third-order valence-electron chi connectivity index (χ3n) is 5.96. The minimum Gasteiger partial charge on any atom is -0.476 e. The molecule has 1 atom stereocenters. The molecule has 1 fully saturated rings. The van der Waals surface area contributed by atoms with Crippen molar-refractivity contribution in [2.45, 2.75) is 66.1 Å². The van der Waals surface area contributed by atoms with Gasteiger partial charge in [-0.2, -0.15) is 9.61 Å². The number of aromatic carboxylic acids is 1. The molecular weight excluding hydrogens is 424 g/mol. The molecule has 0 aliphatic carbocycles. The standard InChI is InChI=1S/C24H34N4O5/c1-8-24(7)10-12-27(13-11-24)20-18(19(22(31)32-9-2)33-23(4,5)6)15(3)25-17-14-16(21(29)30)26-28(17)20/h8,14,19H,1,9-13H2,2-7H3,(H,29,30). The van der Waals surface area contributed by atoms with Gasteiger partial charge in [-0.05, 0) is 52.9 Å². The third kappa shape index (κ3) is 5.19. The highest BCUT2D eigenvalue weighted by atomic mass is 16.6. The molecule has 2 aromatic heterocycles. The average molecular weight is 459 g/mol. The molecule has 1 unspecified atom stereocenters. The van der Waals surface area contributed by atoms with Gasteiger partial charge in [-0.1, -0.05) is 13.0 Å². The summed E-state index contributed by atoms with van der Waals surface area (Å²) in [5.74, 6) is -1.05. The van der Waals surface area contributed by atoms with E-state index in [0.717, 1.165) is 12.8 Å². The van der Waals surface area contributed by atoms with E-state index >= 15 is 0 Å². The number of hydrogen-bond donors (Lipinski definition) is 1. The van der Waals surface area contributed by atoms with E-state index in [1.807, 2.05) is 26.8 Å². The number of aryl methyl sites for hydroxylation is 1. The highest BCUT2D eigenvalue weighted by molar-refractivity contribution is 5.87. The van der Waals surface area contributed by atoms with Gasteiger partial charge in [-0.3, -0.25) is 0 Å². The molecule has 1 aliphatic heterocycles. The number of carboxylic acid groups (broad SMARTS) is 1. The molecule has 2 aromatic rings. The smallest absolute Gasteiger partial charge is 0.356 e. The Balaban J connectivity index is 2.25. The van der Waals surface area contributed by atoms with Crippen molar-refractivity contribution in [3.63, 3.8) is 0 Å². The van der Waals surface area contributed by atoms with Crippen LogP contribution < -0.4 is 4.90 Å². The highest BCUT2D eigenvalue weighted by Gasteiger charge is 2.37. The van der Waals surface area contributed by atoms with Crippen LogP contribution in [0.3, 0.4) is 0 Å². The van der Waals surface area contributed by atoms with Crippen LogP contribution in [0.15, 0.2) is 18.7 Å². The van der Waals surface area contributed by atoms with Gasteiger partial charge in [0.2, 0.25) is 0 Å². The van der Waals surface area contributed by atoms with Gasteiger partial charge in [0.25, 0.3) is 0 Å². The maximum Gasteiger partial charge on any atom is 0.356 e. The van der Waals surface area contributed by atoms with E-state index in [2.05, 4.69) is 28.5 Å². The maximum atomic E-state index is 13.1. The number of aromatic nitrogens is 3. The van der Waals surface area contributed by atoms with Crippen molar-refractivity contribution in [3.8, 4) is 0 Å². The van der Waals surface area contributed by atoms with Gasteiger partial charge in [-0.15, -0.1) is 6.58 Å². The van der Waals surface area contributed by atoms with Crippen LogP contribution in [-0.2, 0) is 14.3 Å². The van der Waals surface area contributed by atoms with E-state index in [4.69, 9.17) is 9.47 Å². The molecular formula is C24H34N4O5. The summed E-state index contributed by atoms with van der Waals surface area (Å²) >= 11 is 0. The predicted octanol–water partition coefficient (Wildman–Crippen LogP) is 3.95. The van der Waals surface area contributed by atoms with Crippen LogP contribution in [0.1, 0.15) is 75.3 Å².